The molecule has 1 rings (SSSR count). The third-order valence-electron chi connectivity index (χ3n) is 3.72. The zero-order chi connectivity index (χ0) is 12.3. The lowest BCUT2D eigenvalue weighted by Gasteiger charge is -2.20. The lowest BCUT2D eigenvalue weighted by molar-refractivity contribution is 0.903. The van der Waals surface area contributed by atoms with Crippen LogP contribution < -0.4 is 11.5 Å². The van der Waals surface area contributed by atoms with Crippen molar-refractivity contribution in [2.24, 2.45) is 11.5 Å². The van der Waals surface area contributed by atoms with Crippen LogP contribution in [0.2, 0.25) is 0 Å². The molecule has 0 unspecified atom stereocenters. The van der Waals surface area contributed by atoms with E-state index in [9.17, 15) is 0 Å². The number of benzene rings is 1. The summed E-state index contributed by atoms with van der Waals surface area (Å²) in [5.74, 6) is 0. The summed E-state index contributed by atoms with van der Waals surface area (Å²) < 4.78 is 0. The van der Waals surface area contributed by atoms with Crippen LogP contribution in [0.3, 0.4) is 0 Å². The zero-order valence-corrected chi connectivity index (χ0v) is 11.0. The summed E-state index contributed by atoms with van der Waals surface area (Å²) in [6.07, 6.45) is 1.95. The van der Waals surface area contributed by atoms with Gasteiger partial charge in [-0.05, 0) is 87.0 Å². The minimum absolute atomic E-state index is 0.719. The molecule has 0 atom stereocenters. The maximum Gasteiger partial charge on any atom is -0.00365 e. The summed E-state index contributed by atoms with van der Waals surface area (Å²) >= 11 is 0. The maximum atomic E-state index is 5.68. The fourth-order valence-electron chi connectivity index (χ4n) is 2.51. The van der Waals surface area contributed by atoms with Crippen LogP contribution in [0.25, 0.3) is 0 Å². The van der Waals surface area contributed by atoms with Crippen molar-refractivity contribution in [3.05, 3.63) is 33.4 Å². The van der Waals surface area contributed by atoms with E-state index in [0.717, 1.165) is 25.9 Å². The van der Waals surface area contributed by atoms with Gasteiger partial charge in [0.1, 0.15) is 0 Å². The Hall–Kier alpha value is -0.860. The molecule has 2 heteroatoms. The predicted molar refractivity (Wildman–Crippen MR) is 70.9 cm³/mol. The SMILES string of the molecule is Cc1c(C)c(CCN)c(C)c(C)c1CCN. The van der Waals surface area contributed by atoms with E-state index < -0.39 is 0 Å². The average Bonchev–Trinajstić information content (AvgIpc) is 2.28. The molecule has 0 saturated heterocycles. The van der Waals surface area contributed by atoms with Gasteiger partial charge in [-0.15, -0.1) is 0 Å². The molecule has 0 amide bonds. The molecule has 0 saturated carbocycles. The molecular weight excluding hydrogens is 196 g/mol. The van der Waals surface area contributed by atoms with Gasteiger partial charge in [0.25, 0.3) is 0 Å². The van der Waals surface area contributed by atoms with Crippen molar-refractivity contribution in [3.8, 4) is 0 Å². The van der Waals surface area contributed by atoms with Gasteiger partial charge in [0.05, 0.1) is 0 Å². The molecule has 90 valence electrons. The number of nitrogens with two attached hydrogens (primary N) is 2. The maximum absolute atomic E-state index is 5.68. The molecule has 2 nitrogen and oxygen atoms in total. The van der Waals surface area contributed by atoms with E-state index in [1.165, 1.54) is 33.4 Å². The van der Waals surface area contributed by atoms with Crippen molar-refractivity contribution in [2.75, 3.05) is 13.1 Å². The highest BCUT2D eigenvalue weighted by molar-refractivity contribution is 5.50. The molecule has 1 aromatic carbocycles. The smallest absolute Gasteiger partial charge is 0.00365 e. The molecule has 1 aromatic rings. The second kappa shape index (κ2) is 5.46. The van der Waals surface area contributed by atoms with Crippen LogP contribution in [-0.2, 0) is 12.8 Å². The van der Waals surface area contributed by atoms with Crippen LogP contribution in [0.1, 0.15) is 33.4 Å². The van der Waals surface area contributed by atoms with E-state index in [0.29, 0.717) is 0 Å². The van der Waals surface area contributed by atoms with Crippen molar-refractivity contribution in [3.63, 3.8) is 0 Å². The van der Waals surface area contributed by atoms with Crippen LogP contribution >= 0.6 is 0 Å². The van der Waals surface area contributed by atoms with E-state index >= 15 is 0 Å². The summed E-state index contributed by atoms with van der Waals surface area (Å²) in [6, 6.07) is 0. The minimum atomic E-state index is 0.719. The van der Waals surface area contributed by atoms with Crippen molar-refractivity contribution in [2.45, 2.75) is 40.5 Å². The lowest BCUT2D eigenvalue weighted by atomic mass is 9.86. The van der Waals surface area contributed by atoms with Crippen LogP contribution in [0.5, 0.6) is 0 Å². The van der Waals surface area contributed by atoms with E-state index in [2.05, 4.69) is 27.7 Å². The Bertz CT molecular complexity index is 315. The largest absolute Gasteiger partial charge is 0.330 e. The van der Waals surface area contributed by atoms with E-state index in [1.807, 2.05) is 0 Å². The van der Waals surface area contributed by atoms with E-state index in [-0.39, 0.29) is 0 Å². The summed E-state index contributed by atoms with van der Waals surface area (Å²) in [5.41, 5.74) is 19.8. The Balaban J connectivity index is 3.37. The van der Waals surface area contributed by atoms with Crippen molar-refractivity contribution >= 4 is 0 Å². The molecule has 0 radical (unpaired) electrons. The van der Waals surface area contributed by atoms with E-state index in [1.54, 1.807) is 0 Å². The molecule has 0 aromatic heterocycles. The normalized spacial score (nSPS) is 10.9. The van der Waals surface area contributed by atoms with Crippen LogP contribution in [-0.4, -0.2) is 13.1 Å². The Morgan fingerprint density at radius 2 is 0.875 bits per heavy atom. The minimum Gasteiger partial charge on any atom is -0.330 e. The zero-order valence-electron chi connectivity index (χ0n) is 11.0. The van der Waals surface area contributed by atoms with Gasteiger partial charge >= 0.3 is 0 Å². The Kier molecular flexibility index (Phi) is 4.51. The predicted octanol–water partition coefficient (Wildman–Crippen LogP) is 1.92. The van der Waals surface area contributed by atoms with Gasteiger partial charge in [-0.25, -0.2) is 0 Å². The third kappa shape index (κ3) is 2.28. The van der Waals surface area contributed by atoms with Gasteiger partial charge in [-0.2, -0.15) is 0 Å². The lowest BCUT2D eigenvalue weighted by Crippen LogP contribution is -2.12. The molecule has 0 bridgehead atoms. The fourth-order valence-corrected chi connectivity index (χ4v) is 2.51. The van der Waals surface area contributed by atoms with Crippen molar-refractivity contribution < 1.29 is 0 Å². The summed E-state index contributed by atoms with van der Waals surface area (Å²) in [7, 11) is 0. The van der Waals surface area contributed by atoms with Crippen molar-refractivity contribution in [1.29, 1.82) is 0 Å². The highest BCUT2D eigenvalue weighted by atomic mass is 14.5. The van der Waals surface area contributed by atoms with Gasteiger partial charge in [-0.1, -0.05) is 0 Å². The first-order valence-corrected chi connectivity index (χ1v) is 6.02. The average molecular weight is 220 g/mol. The molecule has 0 aliphatic carbocycles. The summed E-state index contributed by atoms with van der Waals surface area (Å²) in [4.78, 5) is 0. The quantitative estimate of drug-likeness (QED) is 0.814. The first-order valence-electron chi connectivity index (χ1n) is 6.02. The second-order valence-corrected chi connectivity index (χ2v) is 4.53. The molecule has 4 N–H and O–H groups in total. The molecule has 0 fully saturated rings. The Labute approximate surface area is 99.0 Å². The summed E-state index contributed by atoms with van der Waals surface area (Å²) in [6.45, 7) is 10.2. The fraction of sp³-hybridized carbons (Fsp3) is 0.571. The molecule has 16 heavy (non-hydrogen) atoms. The monoisotopic (exact) mass is 220 g/mol. The highest BCUT2D eigenvalue weighted by Gasteiger charge is 2.13. The number of rotatable bonds is 4. The molecule has 0 heterocycles. The number of hydrogen-bond donors (Lipinski definition) is 2. The Morgan fingerprint density at radius 1 is 0.625 bits per heavy atom. The van der Waals surface area contributed by atoms with Gasteiger partial charge in [0, 0.05) is 0 Å². The first kappa shape index (κ1) is 13.2. The van der Waals surface area contributed by atoms with Crippen molar-refractivity contribution in [1.82, 2.24) is 0 Å². The molecular formula is C14H24N2. The number of hydrogen-bond acceptors (Lipinski definition) is 2. The molecule has 0 aliphatic rings. The van der Waals surface area contributed by atoms with Gasteiger partial charge < -0.3 is 11.5 Å². The van der Waals surface area contributed by atoms with Gasteiger partial charge in [-0.3, -0.25) is 0 Å². The summed E-state index contributed by atoms with van der Waals surface area (Å²) in [5, 5.41) is 0. The highest BCUT2D eigenvalue weighted by Crippen LogP contribution is 2.27. The second-order valence-electron chi connectivity index (χ2n) is 4.53. The molecule has 0 spiro atoms. The van der Waals surface area contributed by atoms with Crippen LogP contribution in [0.15, 0.2) is 0 Å². The van der Waals surface area contributed by atoms with Gasteiger partial charge in [0.2, 0.25) is 0 Å². The van der Waals surface area contributed by atoms with E-state index in [4.69, 9.17) is 11.5 Å². The van der Waals surface area contributed by atoms with Crippen LogP contribution in [0.4, 0.5) is 0 Å². The standard InChI is InChI=1S/C14H24N2/c1-9-10(2)14(6-8-16)12(4)11(3)13(9)5-7-15/h5-8,15-16H2,1-4H3. The first-order chi connectivity index (χ1) is 7.54. The van der Waals surface area contributed by atoms with Crippen LogP contribution in [0, 0.1) is 27.7 Å². The van der Waals surface area contributed by atoms with Gasteiger partial charge in [0.15, 0.2) is 0 Å². The third-order valence-corrected chi connectivity index (χ3v) is 3.72. The Morgan fingerprint density at radius 3 is 1.06 bits per heavy atom. The molecule has 0 aliphatic heterocycles. The topological polar surface area (TPSA) is 52.0 Å².